The summed E-state index contributed by atoms with van der Waals surface area (Å²) in [6, 6.07) is 5.18. The van der Waals surface area contributed by atoms with Crippen molar-refractivity contribution in [3.63, 3.8) is 0 Å². The van der Waals surface area contributed by atoms with Gasteiger partial charge < -0.3 is 4.90 Å². The Labute approximate surface area is 155 Å². The third-order valence-corrected chi connectivity index (χ3v) is 5.10. The molecule has 1 aliphatic heterocycles. The number of Topliss-reactive ketones (excluding diaryl/α,β-unsaturated/α-hetero) is 1. The molecule has 0 amide bonds. The van der Waals surface area contributed by atoms with Gasteiger partial charge in [0.1, 0.15) is 0 Å². The molecule has 1 unspecified atom stereocenters. The molecule has 2 aromatic heterocycles. The number of ketones is 1. The number of rotatable bonds is 5. The Kier molecular flexibility index (Phi) is 4.31. The molecule has 0 saturated carbocycles. The van der Waals surface area contributed by atoms with E-state index < -0.39 is 0 Å². The maximum atomic E-state index is 12.6. The number of nitro benzene ring substituents is 1. The Hall–Kier alpha value is -3.29. The predicted molar refractivity (Wildman–Crippen MR) is 101 cm³/mol. The molecule has 3 aromatic rings. The van der Waals surface area contributed by atoms with Crippen molar-refractivity contribution in [1.29, 1.82) is 0 Å². The van der Waals surface area contributed by atoms with Crippen molar-refractivity contribution in [3.05, 3.63) is 58.7 Å². The number of nitrogens with zero attached hydrogens (tertiary/aromatic N) is 5. The number of hydrogen-bond donors (Lipinski definition) is 0. The van der Waals surface area contributed by atoms with Crippen LogP contribution in [0.4, 0.5) is 11.4 Å². The van der Waals surface area contributed by atoms with Crippen LogP contribution in [0.5, 0.6) is 0 Å². The highest BCUT2D eigenvalue weighted by molar-refractivity contribution is 6.00. The summed E-state index contributed by atoms with van der Waals surface area (Å²) in [5.41, 5.74) is 1.57. The van der Waals surface area contributed by atoms with Crippen molar-refractivity contribution >= 4 is 27.9 Å². The number of non-ortho nitro benzene ring substituents is 1. The largest absolute Gasteiger partial charge is 0.368 e. The van der Waals surface area contributed by atoms with Gasteiger partial charge in [0.05, 0.1) is 22.1 Å². The lowest BCUT2D eigenvalue weighted by Gasteiger charge is -2.27. The minimum absolute atomic E-state index is 0.0454. The lowest BCUT2D eigenvalue weighted by atomic mass is 10.0. The Balaban J connectivity index is 1.67. The maximum absolute atomic E-state index is 12.6. The van der Waals surface area contributed by atoms with Crippen molar-refractivity contribution in [2.45, 2.75) is 25.3 Å². The summed E-state index contributed by atoms with van der Waals surface area (Å²) in [6.45, 7) is 0.820. The molecule has 138 valence electrons. The van der Waals surface area contributed by atoms with Crippen LogP contribution in [0.1, 0.15) is 29.6 Å². The van der Waals surface area contributed by atoms with Crippen LogP contribution in [0.15, 0.2) is 43.0 Å². The number of carbonyl (C=O) groups is 1. The molecule has 0 bridgehead atoms. The van der Waals surface area contributed by atoms with Gasteiger partial charge in [0.15, 0.2) is 5.78 Å². The summed E-state index contributed by atoms with van der Waals surface area (Å²) in [5, 5.41) is 16.7. The van der Waals surface area contributed by atoms with E-state index in [9.17, 15) is 14.9 Å². The van der Waals surface area contributed by atoms with E-state index in [4.69, 9.17) is 0 Å². The van der Waals surface area contributed by atoms with Crippen LogP contribution in [-0.4, -0.2) is 38.1 Å². The Morgan fingerprint density at radius 2 is 2.15 bits per heavy atom. The van der Waals surface area contributed by atoms with E-state index in [-0.39, 0.29) is 22.4 Å². The van der Waals surface area contributed by atoms with E-state index in [1.54, 1.807) is 42.5 Å². The molecule has 4 rings (SSSR count). The Bertz CT molecular complexity index is 1030. The average Bonchev–Trinajstić information content (AvgIpc) is 3.29. The number of fused-ring (bicyclic) bond motifs is 1. The highest BCUT2D eigenvalue weighted by atomic mass is 16.6. The zero-order valence-corrected chi connectivity index (χ0v) is 14.9. The number of anilines is 1. The molecule has 0 radical (unpaired) electrons. The number of nitro groups is 1. The molecule has 1 fully saturated rings. The fraction of sp³-hybridized carbons (Fsp3) is 0.316. The first kappa shape index (κ1) is 17.1. The Morgan fingerprint density at radius 1 is 1.30 bits per heavy atom. The van der Waals surface area contributed by atoms with Crippen molar-refractivity contribution in [1.82, 2.24) is 14.8 Å². The second-order valence-corrected chi connectivity index (χ2v) is 6.80. The van der Waals surface area contributed by atoms with Gasteiger partial charge in [-0.1, -0.05) is 0 Å². The molecule has 3 heterocycles. The molecular weight excluding hydrogens is 346 g/mol. The number of aromatic nitrogens is 3. The van der Waals surface area contributed by atoms with Gasteiger partial charge in [-0.2, -0.15) is 5.10 Å². The molecule has 1 aromatic carbocycles. The molecule has 8 heteroatoms. The molecule has 1 saturated heterocycles. The van der Waals surface area contributed by atoms with Gasteiger partial charge in [0.25, 0.3) is 5.69 Å². The molecule has 1 aliphatic rings. The second kappa shape index (κ2) is 6.79. The topological polar surface area (TPSA) is 94.2 Å². The number of pyridine rings is 1. The number of carbonyl (C=O) groups excluding carboxylic acids is 1. The monoisotopic (exact) mass is 365 g/mol. The minimum Gasteiger partial charge on any atom is -0.368 e. The molecular formula is C19H19N5O3. The van der Waals surface area contributed by atoms with Crippen molar-refractivity contribution < 1.29 is 9.72 Å². The molecule has 8 nitrogen and oxygen atoms in total. The molecule has 1 atom stereocenters. The zero-order chi connectivity index (χ0) is 19.0. The zero-order valence-electron chi connectivity index (χ0n) is 14.9. The summed E-state index contributed by atoms with van der Waals surface area (Å²) in [7, 11) is 1.79. The molecule has 0 N–H and O–H groups in total. The second-order valence-electron chi connectivity index (χ2n) is 6.80. The smallest absolute Gasteiger partial charge is 0.278 e. The van der Waals surface area contributed by atoms with Crippen molar-refractivity contribution in [2.24, 2.45) is 7.05 Å². The van der Waals surface area contributed by atoms with E-state index in [0.717, 1.165) is 30.5 Å². The first-order valence-electron chi connectivity index (χ1n) is 8.84. The lowest BCUT2D eigenvalue weighted by Crippen LogP contribution is -2.31. The van der Waals surface area contributed by atoms with Crippen molar-refractivity contribution in [2.75, 3.05) is 11.4 Å². The fourth-order valence-electron chi connectivity index (χ4n) is 3.83. The van der Waals surface area contributed by atoms with E-state index in [2.05, 4.69) is 15.0 Å². The van der Waals surface area contributed by atoms with E-state index >= 15 is 0 Å². The normalized spacial score (nSPS) is 16.8. The van der Waals surface area contributed by atoms with Crippen LogP contribution >= 0.6 is 0 Å². The van der Waals surface area contributed by atoms with Crippen LogP contribution in [0.3, 0.4) is 0 Å². The van der Waals surface area contributed by atoms with Crippen LogP contribution in [0.25, 0.3) is 10.8 Å². The Morgan fingerprint density at radius 3 is 2.89 bits per heavy atom. The quantitative estimate of drug-likeness (QED) is 0.392. The third kappa shape index (κ3) is 3.14. The van der Waals surface area contributed by atoms with Crippen LogP contribution in [0.2, 0.25) is 0 Å². The highest BCUT2D eigenvalue weighted by Gasteiger charge is 2.29. The van der Waals surface area contributed by atoms with E-state index in [1.165, 1.54) is 12.3 Å². The van der Waals surface area contributed by atoms with Gasteiger partial charge in [-0.15, -0.1) is 0 Å². The third-order valence-electron chi connectivity index (χ3n) is 5.10. The molecule has 0 aliphatic carbocycles. The SMILES string of the molecule is Cn1cc(C(=O)CC2CCCN2c2ccc([N+](=O)[O-])c3cnccc23)cn1. The first-order chi connectivity index (χ1) is 13.0. The standard InChI is InChI=1S/C19H19N5O3/c1-22-12-13(10-21-22)19(25)9-14-3-2-8-23(14)17-4-5-18(24(26)27)16-11-20-7-6-15(16)17/h4-7,10-12,14H,2-3,8-9H2,1H3. The van der Waals surface area contributed by atoms with Gasteiger partial charge in [-0.25, -0.2) is 0 Å². The fourth-order valence-corrected chi connectivity index (χ4v) is 3.83. The van der Waals surface area contributed by atoms with Crippen LogP contribution in [-0.2, 0) is 7.05 Å². The summed E-state index contributed by atoms with van der Waals surface area (Å²) >= 11 is 0. The van der Waals surface area contributed by atoms with Gasteiger partial charge >= 0.3 is 0 Å². The highest BCUT2D eigenvalue weighted by Crippen LogP contribution is 2.37. The van der Waals surface area contributed by atoms with Gasteiger partial charge in [0.2, 0.25) is 0 Å². The van der Waals surface area contributed by atoms with Crippen LogP contribution < -0.4 is 4.90 Å². The minimum atomic E-state index is -0.388. The van der Waals surface area contributed by atoms with Gasteiger partial charge in [-0.3, -0.25) is 24.6 Å². The first-order valence-corrected chi connectivity index (χ1v) is 8.84. The summed E-state index contributed by atoms with van der Waals surface area (Å²) in [4.78, 5) is 29.8. The van der Waals surface area contributed by atoms with Crippen LogP contribution in [0, 0.1) is 10.1 Å². The van der Waals surface area contributed by atoms with Gasteiger partial charge in [0, 0.05) is 61.8 Å². The lowest BCUT2D eigenvalue weighted by molar-refractivity contribution is -0.383. The predicted octanol–water partition coefficient (Wildman–Crippen LogP) is 3.12. The maximum Gasteiger partial charge on any atom is 0.278 e. The average molecular weight is 365 g/mol. The molecule has 27 heavy (non-hydrogen) atoms. The summed E-state index contributed by atoms with van der Waals surface area (Å²) in [6.07, 6.45) is 8.78. The number of aryl methyl sites for hydroxylation is 1. The number of hydrogen-bond acceptors (Lipinski definition) is 6. The van der Waals surface area contributed by atoms with Gasteiger partial charge in [-0.05, 0) is 25.0 Å². The molecule has 0 spiro atoms. The summed E-state index contributed by atoms with van der Waals surface area (Å²) < 4.78 is 1.62. The van der Waals surface area contributed by atoms with E-state index in [1.807, 2.05) is 0 Å². The summed E-state index contributed by atoms with van der Waals surface area (Å²) in [5.74, 6) is 0.0629. The van der Waals surface area contributed by atoms with E-state index in [0.29, 0.717) is 17.4 Å². The number of benzene rings is 1. The van der Waals surface area contributed by atoms with Crippen molar-refractivity contribution in [3.8, 4) is 0 Å².